The third-order valence-corrected chi connectivity index (χ3v) is 3.13. The van der Waals surface area contributed by atoms with Crippen molar-refractivity contribution in [1.82, 2.24) is 5.32 Å². The molecule has 0 aromatic rings. The van der Waals surface area contributed by atoms with Gasteiger partial charge in [0.05, 0.1) is 6.04 Å². The highest BCUT2D eigenvalue weighted by Gasteiger charge is 2.28. The first-order chi connectivity index (χ1) is 6.77. The zero-order valence-corrected chi connectivity index (χ0v) is 11.3. The van der Waals surface area contributed by atoms with Crippen LogP contribution in [-0.2, 0) is 4.79 Å². The van der Waals surface area contributed by atoms with Crippen LogP contribution in [0.2, 0.25) is 0 Å². The van der Waals surface area contributed by atoms with E-state index < -0.39 is 0 Å². The fourth-order valence-electron chi connectivity index (χ4n) is 1.34. The third kappa shape index (κ3) is 4.85. The minimum atomic E-state index is -0.231. The Hall–Kier alpha value is -0.280. The van der Waals surface area contributed by atoms with Crippen molar-refractivity contribution in [3.05, 3.63) is 12.2 Å². The Labute approximate surface area is 98.9 Å². The smallest absolute Gasteiger partial charge is 0.175 e. The Morgan fingerprint density at radius 1 is 1.27 bits per heavy atom. The van der Waals surface area contributed by atoms with Crippen molar-refractivity contribution >= 4 is 18.4 Å². The minimum Gasteiger partial charge on any atom is -0.304 e. The van der Waals surface area contributed by atoms with Crippen LogP contribution >= 0.6 is 12.6 Å². The third-order valence-electron chi connectivity index (χ3n) is 2.24. The summed E-state index contributed by atoms with van der Waals surface area (Å²) in [4.78, 5) is 11.9. The van der Waals surface area contributed by atoms with E-state index in [0.717, 1.165) is 0 Å². The number of nitrogens with one attached hydrogen (secondary N) is 1. The van der Waals surface area contributed by atoms with Crippen molar-refractivity contribution in [2.75, 3.05) is 0 Å². The summed E-state index contributed by atoms with van der Waals surface area (Å²) in [5, 5.41) is 3.28. The number of rotatable bonds is 6. The second-order valence-corrected chi connectivity index (χ2v) is 5.27. The van der Waals surface area contributed by atoms with E-state index in [4.69, 9.17) is 0 Å². The molecule has 0 heterocycles. The molecule has 0 fully saturated rings. The monoisotopic (exact) mass is 229 g/mol. The Bertz CT molecular complexity index is 236. The van der Waals surface area contributed by atoms with E-state index in [1.165, 1.54) is 0 Å². The van der Waals surface area contributed by atoms with Crippen molar-refractivity contribution in [2.24, 2.45) is 5.92 Å². The fraction of sp³-hybridized carbons (Fsp3) is 0.750. The van der Waals surface area contributed by atoms with Crippen LogP contribution in [-0.4, -0.2) is 23.1 Å². The first-order valence-electron chi connectivity index (χ1n) is 5.41. The molecule has 0 aliphatic carbocycles. The second kappa shape index (κ2) is 6.33. The highest BCUT2D eigenvalue weighted by molar-refractivity contribution is 7.81. The number of Topliss-reactive ketones (excluding diaryl/α,β-unsaturated/α-hetero) is 1. The van der Waals surface area contributed by atoms with E-state index >= 15 is 0 Å². The molecule has 15 heavy (non-hydrogen) atoms. The van der Waals surface area contributed by atoms with Crippen LogP contribution in [0.15, 0.2) is 12.2 Å². The summed E-state index contributed by atoms with van der Waals surface area (Å²) in [7, 11) is 0. The molecule has 88 valence electrons. The van der Waals surface area contributed by atoms with Gasteiger partial charge >= 0.3 is 0 Å². The average Bonchev–Trinajstić information content (AvgIpc) is 2.11. The Balaban J connectivity index is 4.72. The predicted octanol–water partition coefficient (Wildman–Crippen LogP) is 2.45. The van der Waals surface area contributed by atoms with Crippen LogP contribution in [0.1, 0.15) is 34.6 Å². The average molecular weight is 229 g/mol. The SMILES string of the molecule is C=C(C)C(=O)C(NC(C)C)C(S)C(C)C. The molecule has 3 heteroatoms. The number of hydrogen-bond donors (Lipinski definition) is 2. The lowest BCUT2D eigenvalue weighted by atomic mass is 9.96. The Morgan fingerprint density at radius 3 is 2.00 bits per heavy atom. The molecule has 0 amide bonds. The van der Waals surface area contributed by atoms with Gasteiger partial charge in [-0.3, -0.25) is 4.79 Å². The number of carbonyl (C=O) groups excluding carboxylic acids is 1. The highest BCUT2D eigenvalue weighted by atomic mass is 32.1. The summed E-state index contributed by atoms with van der Waals surface area (Å²) in [5.74, 6) is 0.422. The van der Waals surface area contributed by atoms with Crippen molar-refractivity contribution in [3.8, 4) is 0 Å². The van der Waals surface area contributed by atoms with Gasteiger partial charge in [0.25, 0.3) is 0 Å². The standard InChI is InChI=1S/C12H23NOS/c1-7(2)11(14)10(13-9(5)6)12(15)8(3)4/h8-10,12-13,15H,1H2,2-6H3. The summed E-state index contributed by atoms with van der Waals surface area (Å²) in [6.07, 6.45) is 0. The van der Waals surface area contributed by atoms with Gasteiger partial charge in [-0.1, -0.05) is 34.3 Å². The molecule has 0 aromatic heterocycles. The van der Waals surface area contributed by atoms with Gasteiger partial charge in [-0.05, 0) is 18.4 Å². The van der Waals surface area contributed by atoms with Crippen LogP contribution in [0.5, 0.6) is 0 Å². The lowest BCUT2D eigenvalue weighted by Gasteiger charge is -2.28. The topological polar surface area (TPSA) is 29.1 Å². The van der Waals surface area contributed by atoms with Crippen molar-refractivity contribution < 1.29 is 4.79 Å². The molecule has 0 saturated carbocycles. The fourth-order valence-corrected chi connectivity index (χ4v) is 1.56. The predicted molar refractivity (Wildman–Crippen MR) is 69.5 cm³/mol. The van der Waals surface area contributed by atoms with E-state index in [-0.39, 0.29) is 23.1 Å². The van der Waals surface area contributed by atoms with Crippen LogP contribution in [0.4, 0.5) is 0 Å². The molecular weight excluding hydrogens is 206 g/mol. The number of thiol groups is 1. The Kier molecular flexibility index (Phi) is 6.22. The summed E-state index contributed by atoms with van der Waals surface area (Å²) in [6, 6.07) is 0.0394. The van der Waals surface area contributed by atoms with Gasteiger partial charge in [0.15, 0.2) is 5.78 Å². The molecule has 2 unspecified atom stereocenters. The molecule has 0 rings (SSSR count). The minimum absolute atomic E-state index is 0.0246. The largest absolute Gasteiger partial charge is 0.304 e. The summed E-state index contributed by atoms with van der Waals surface area (Å²) >= 11 is 4.50. The van der Waals surface area contributed by atoms with E-state index in [1.54, 1.807) is 6.92 Å². The molecule has 0 radical (unpaired) electrons. The van der Waals surface area contributed by atoms with Crippen molar-refractivity contribution in [1.29, 1.82) is 0 Å². The van der Waals surface area contributed by atoms with Gasteiger partial charge in [0, 0.05) is 11.3 Å². The number of ketones is 1. The van der Waals surface area contributed by atoms with Gasteiger partial charge in [-0.15, -0.1) is 0 Å². The van der Waals surface area contributed by atoms with E-state index in [0.29, 0.717) is 11.5 Å². The molecule has 0 saturated heterocycles. The van der Waals surface area contributed by atoms with Gasteiger partial charge in [-0.2, -0.15) is 12.6 Å². The van der Waals surface area contributed by atoms with Gasteiger partial charge in [0.1, 0.15) is 0 Å². The molecule has 0 aliphatic heterocycles. The van der Waals surface area contributed by atoms with Crippen LogP contribution in [0.25, 0.3) is 0 Å². The lowest BCUT2D eigenvalue weighted by molar-refractivity contribution is -0.117. The van der Waals surface area contributed by atoms with Gasteiger partial charge in [-0.25, -0.2) is 0 Å². The first-order valence-corrected chi connectivity index (χ1v) is 5.92. The van der Waals surface area contributed by atoms with Crippen LogP contribution < -0.4 is 5.32 Å². The van der Waals surface area contributed by atoms with Crippen LogP contribution in [0, 0.1) is 5.92 Å². The molecule has 1 N–H and O–H groups in total. The van der Waals surface area contributed by atoms with Crippen LogP contribution in [0.3, 0.4) is 0 Å². The van der Waals surface area contributed by atoms with Crippen molar-refractivity contribution in [2.45, 2.75) is 52.0 Å². The van der Waals surface area contributed by atoms with E-state index in [2.05, 4.69) is 38.4 Å². The quantitative estimate of drug-likeness (QED) is 0.541. The number of carbonyl (C=O) groups is 1. The molecule has 2 atom stereocenters. The molecule has 0 spiro atoms. The maximum atomic E-state index is 11.9. The van der Waals surface area contributed by atoms with Crippen molar-refractivity contribution in [3.63, 3.8) is 0 Å². The molecular formula is C12H23NOS. The number of hydrogen-bond acceptors (Lipinski definition) is 3. The molecule has 0 bridgehead atoms. The molecule has 2 nitrogen and oxygen atoms in total. The zero-order valence-electron chi connectivity index (χ0n) is 10.4. The zero-order chi connectivity index (χ0) is 12.2. The summed E-state index contributed by atoms with van der Waals surface area (Å²) in [6.45, 7) is 13.6. The summed E-state index contributed by atoms with van der Waals surface area (Å²) < 4.78 is 0. The highest BCUT2D eigenvalue weighted by Crippen LogP contribution is 2.16. The maximum absolute atomic E-state index is 11.9. The Morgan fingerprint density at radius 2 is 1.73 bits per heavy atom. The second-order valence-electron chi connectivity index (χ2n) is 4.68. The van der Waals surface area contributed by atoms with E-state index in [1.807, 2.05) is 13.8 Å². The summed E-state index contributed by atoms with van der Waals surface area (Å²) in [5.41, 5.74) is 0.591. The molecule has 0 aromatic carbocycles. The van der Waals surface area contributed by atoms with Gasteiger partial charge in [0.2, 0.25) is 0 Å². The van der Waals surface area contributed by atoms with Gasteiger partial charge < -0.3 is 5.32 Å². The molecule has 0 aliphatic rings. The normalized spacial score (nSPS) is 15.5. The van der Waals surface area contributed by atoms with E-state index in [9.17, 15) is 4.79 Å². The maximum Gasteiger partial charge on any atom is 0.175 e. The lowest BCUT2D eigenvalue weighted by Crippen LogP contribution is -2.48. The first kappa shape index (κ1) is 14.7.